The van der Waals surface area contributed by atoms with Gasteiger partial charge in [0.1, 0.15) is 0 Å². The Labute approximate surface area is 99.8 Å². The maximum atomic E-state index is 9.40. The van der Waals surface area contributed by atoms with Crippen molar-refractivity contribution in [3.05, 3.63) is 0 Å². The van der Waals surface area contributed by atoms with Gasteiger partial charge in [0.15, 0.2) is 0 Å². The summed E-state index contributed by atoms with van der Waals surface area (Å²) in [4.78, 5) is 2.38. The molecular formula is C13H27NO2. The molecule has 0 spiro atoms. The van der Waals surface area contributed by atoms with Crippen LogP contribution in [0.1, 0.15) is 40.5 Å². The van der Waals surface area contributed by atoms with Crippen LogP contribution in [0.4, 0.5) is 0 Å². The van der Waals surface area contributed by atoms with Gasteiger partial charge in [0.2, 0.25) is 0 Å². The molecule has 0 amide bonds. The number of hydrogen-bond donors (Lipinski definition) is 1. The van der Waals surface area contributed by atoms with Gasteiger partial charge in [0.05, 0.1) is 18.3 Å². The molecule has 96 valence electrons. The van der Waals surface area contributed by atoms with E-state index < -0.39 is 0 Å². The Morgan fingerprint density at radius 3 is 2.38 bits per heavy atom. The van der Waals surface area contributed by atoms with E-state index in [0.717, 1.165) is 39.1 Å². The van der Waals surface area contributed by atoms with E-state index in [-0.39, 0.29) is 11.7 Å². The molecule has 0 bridgehead atoms. The van der Waals surface area contributed by atoms with Crippen LogP contribution in [0.3, 0.4) is 0 Å². The van der Waals surface area contributed by atoms with Crippen molar-refractivity contribution in [1.82, 2.24) is 4.90 Å². The van der Waals surface area contributed by atoms with Gasteiger partial charge in [0, 0.05) is 19.6 Å². The predicted octanol–water partition coefficient (Wildman–Crippen LogP) is 1.89. The van der Waals surface area contributed by atoms with Gasteiger partial charge in [0.25, 0.3) is 0 Å². The van der Waals surface area contributed by atoms with Gasteiger partial charge in [-0.2, -0.15) is 0 Å². The molecule has 1 aliphatic rings. The summed E-state index contributed by atoms with van der Waals surface area (Å²) < 4.78 is 5.92. The Balaban J connectivity index is 2.16. The highest BCUT2D eigenvalue weighted by Gasteiger charge is 2.23. The highest BCUT2D eigenvalue weighted by atomic mass is 16.5. The zero-order chi connectivity index (χ0) is 12.2. The molecule has 1 heterocycles. The van der Waals surface area contributed by atoms with E-state index in [1.54, 1.807) is 0 Å². The van der Waals surface area contributed by atoms with Gasteiger partial charge < -0.3 is 14.7 Å². The van der Waals surface area contributed by atoms with Crippen molar-refractivity contribution in [3.8, 4) is 0 Å². The molecule has 3 heteroatoms. The summed E-state index contributed by atoms with van der Waals surface area (Å²) in [7, 11) is 0. The first kappa shape index (κ1) is 13.9. The van der Waals surface area contributed by atoms with Crippen molar-refractivity contribution in [3.63, 3.8) is 0 Å². The maximum Gasteiger partial charge on any atom is 0.0649 e. The molecule has 16 heavy (non-hydrogen) atoms. The lowest BCUT2D eigenvalue weighted by Gasteiger charge is -2.33. The smallest absolute Gasteiger partial charge is 0.0649 e. The van der Waals surface area contributed by atoms with Crippen molar-refractivity contribution in [2.24, 2.45) is 5.92 Å². The minimum absolute atomic E-state index is 0.0324. The zero-order valence-electron chi connectivity index (χ0n) is 11.2. The van der Waals surface area contributed by atoms with Gasteiger partial charge in [-0.1, -0.05) is 13.8 Å². The minimum atomic E-state index is -0.0794. The maximum absolute atomic E-state index is 9.40. The quantitative estimate of drug-likeness (QED) is 0.781. The summed E-state index contributed by atoms with van der Waals surface area (Å²) in [6, 6.07) is 0. The standard InChI is InChI=1S/C13H27NO2/c1-11(2)13(3,4)16-10-9-14-7-5-12(15)6-8-14/h11-12,15H,5-10H2,1-4H3. The second-order valence-corrected chi connectivity index (χ2v) is 5.68. The number of aliphatic hydroxyl groups excluding tert-OH is 1. The second-order valence-electron chi connectivity index (χ2n) is 5.68. The van der Waals surface area contributed by atoms with Crippen LogP contribution in [0.5, 0.6) is 0 Å². The fourth-order valence-electron chi connectivity index (χ4n) is 1.75. The normalized spacial score (nSPS) is 20.6. The molecule has 0 aromatic rings. The third-order valence-corrected chi connectivity index (χ3v) is 3.83. The summed E-state index contributed by atoms with van der Waals surface area (Å²) in [6.07, 6.45) is 1.74. The molecule has 1 fully saturated rings. The topological polar surface area (TPSA) is 32.7 Å². The Morgan fingerprint density at radius 1 is 1.31 bits per heavy atom. The second kappa shape index (κ2) is 5.99. The van der Waals surface area contributed by atoms with Gasteiger partial charge in [-0.25, -0.2) is 0 Å². The van der Waals surface area contributed by atoms with E-state index in [0.29, 0.717) is 5.92 Å². The summed E-state index contributed by atoms with van der Waals surface area (Å²) in [5.41, 5.74) is -0.0324. The average Bonchev–Trinajstić information content (AvgIpc) is 2.20. The lowest BCUT2D eigenvalue weighted by molar-refractivity contribution is -0.0599. The number of rotatable bonds is 5. The van der Waals surface area contributed by atoms with Gasteiger partial charge in [-0.15, -0.1) is 0 Å². The van der Waals surface area contributed by atoms with Crippen molar-refractivity contribution in [2.75, 3.05) is 26.2 Å². The number of piperidine rings is 1. The summed E-state index contributed by atoms with van der Waals surface area (Å²) in [6.45, 7) is 12.5. The lowest BCUT2D eigenvalue weighted by Crippen LogP contribution is -2.40. The summed E-state index contributed by atoms with van der Waals surface area (Å²) >= 11 is 0. The predicted molar refractivity (Wildman–Crippen MR) is 66.5 cm³/mol. The van der Waals surface area contributed by atoms with Gasteiger partial charge >= 0.3 is 0 Å². The summed E-state index contributed by atoms with van der Waals surface area (Å²) in [5.74, 6) is 0.538. The number of ether oxygens (including phenoxy) is 1. The van der Waals surface area contributed by atoms with Crippen LogP contribution in [0.2, 0.25) is 0 Å². The van der Waals surface area contributed by atoms with Crippen LogP contribution in [0.25, 0.3) is 0 Å². The average molecular weight is 229 g/mol. The molecule has 1 aliphatic heterocycles. The first-order valence-electron chi connectivity index (χ1n) is 6.46. The number of likely N-dealkylation sites (tertiary alicyclic amines) is 1. The highest BCUT2D eigenvalue weighted by Crippen LogP contribution is 2.20. The number of nitrogens with zero attached hydrogens (tertiary/aromatic N) is 1. The Kier molecular flexibility index (Phi) is 5.22. The van der Waals surface area contributed by atoms with Crippen LogP contribution < -0.4 is 0 Å². The molecule has 3 nitrogen and oxygen atoms in total. The Morgan fingerprint density at radius 2 is 1.88 bits per heavy atom. The van der Waals surface area contributed by atoms with Crippen molar-refractivity contribution >= 4 is 0 Å². The summed E-state index contributed by atoms with van der Waals surface area (Å²) in [5, 5.41) is 9.40. The molecule has 0 aromatic heterocycles. The molecule has 0 saturated carbocycles. The SMILES string of the molecule is CC(C)C(C)(C)OCCN1CCC(O)CC1. The highest BCUT2D eigenvalue weighted by molar-refractivity contribution is 4.74. The van der Waals surface area contributed by atoms with Crippen LogP contribution in [-0.4, -0.2) is 48.0 Å². The fourth-order valence-corrected chi connectivity index (χ4v) is 1.75. The fraction of sp³-hybridized carbons (Fsp3) is 1.00. The van der Waals surface area contributed by atoms with Crippen molar-refractivity contribution < 1.29 is 9.84 Å². The molecule has 1 rings (SSSR count). The van der Waals surface area contributed by atoms with E-state index in [9.17, 15) is 5.11 Å². The number of aliphatic hydroxyl groups is 1. The first-order valence-corrected chi connectivity index (χ1v) is 6.46. The molecule has 1 saturated heterocycles. The molecule has 0 atom stereocenters. The third kappa shape index (κ3) is 4.40. The zero-order valence-corrected chi connectivity index (χ0v) is 11.2. The molecule has 0 radical (unpaired) electrons. The molecular weight excluding hydrogens is 202 g/mol. The largest absolute Gasteiger partial charge is 0.393 e. The van der Waals surface area contributed by atoms with Crippen molar-refractivity contribution in [2.45, 2.75) is 52.2 Å². The first-order chi connectivity index (χ1) is 7.42. The van der Waals surface area contributed by atoms with E-state index in [2.05, 4.69) is 32.6 Å². The van der Waals surface area contributed by atoms with Crippen LogP contribution in [0.15, 0.2) is 0 Å². The lowest BCUT2D eigenvalue weighted by atomic mass is 9.95. The molecule has 0 aliphatic carbocycles. The van der Waals surface area contributed by atoms with E-state index in [1.165, 1.54) is 0 Å². The van der Waals surface area contributed by atoms with Crippen molar-refractivity contribution in [1.29, 1.82) is 0 Å². The van der Waals surface area contributed by atoms with E-state index in [1.807, 2.05) is 0 Å². The van der Waals surface area contributed by atoms with Crippen LogP contribution >= 0.6 is 0 Å². The molecule has 0 unspecified atom stereocenters. The van der Waals surface area contributed by atoms with Crippen LogP contribution in [-0.2, 0) is 4.74 Å². The number of hydrogen-bond acceptors (Lipinski definition) is 3. The monoisotopic (exact) mass is 229 g/mol. The Hall–Kier alpha value is -0.120. The van der Waals surface area contributed by atoms with Gasteiger partial charge in [-0.3, -0.25) is 0 Å². The minimum Gasteiger partial charge on any atom is -0.393 e. The molecule has 1 N–H and O–H groups in total. The molecule has 0 aromatic carbocycles. The Bertz CT molecular complexity index is 196. The van der Waals surface area contributed by atoms with E-state index >= 15 is 0 Å². The van der Waals surface area contributed by atoms with Crippen LogP contribution in [0, 0.1) is 5.92 Å². The third-order valence-electron chi connectivity index (χ3n) is 3.83. The van der Waals surface area contributed by atoms with Gasteiger partial charge in [-0.05, 0) is 32.6 Å². The van der Waals surface area contributed by atoms with E-state index in [4.69, 9.17) is 4.74 Å².